The van der Waals surface area contributed by atoms with E-state index in [1.54, 1.807) is 7.11 Å². The molecule has 1 aromatic rings. The van der Waals surface area contributed by atoms with Crippen LogP contribution in [-0.2, 0) is 6.54 Å². The van der Waals surface area contributed by atoms with Crippen molar-refractivity contribution in [2.75, 3.05) is 27.7 Å². The number of hydrogen-bond donors (Lipinski definition) is 1. The van der Waals surface area contributed by atoms with Gasteiger partial charge in [-0.15, -0.1) is 24.0 Å². The van der Waals surface area contributed by atoms with Gasteiger partial charge in [0, 0.05) is 32.7 Å². The quantitative estimate of drug-likeness (QED) is 0.451. The van der Waals surface area contributed by atoms with Crippen molar-refractivity contribution in [3.63, 3.8) is 0 Å². The van der Waals surface area contributed by atoms with Gasteiger partial charge in [-0.1, -0.05) is 31.0 Å². The molecule has 0 radical (unpaired) electrons. The first-order valence-corrected chi connectivity index (χ1v) is 7.28. The molecule has 0 amide bonds. The van der Waals surface area contributed by atoms with E-state index in [0.29, 0.717) is 0 Å². The van der Waals surface area contributed by atoms with Gasteiger partial charge in [-0.25, -0.2) is 0 Å². The van der Waals surface area contributed by atoms with E-state index in [1.165, 1.54) is 24.8 Å². The van der Waals surface area contributed by atoms with E-state index in [9.17, 15) is 0 Å². The lowest BCUT2D eigenvalue weighted by Crippen LogP contribution is -2.39. The Hall–Kier alpha value is -0.980. The normalized spacial score (nSPS) is 14.3. The molecule has 2 rings (SSSR count). The molecule has 1 N–H and O–H groups in total. The van der Waals surface area contributed by atoms with E-state index in [4.69, 9.17) is 4.74 Å². The van der Waals surface area contributed by atoms with Crippen LogP contribution in [0.2, 0.25) is 0 Å². The molecule has 0 unspecified atom stereocenters. The Morgan fingerprint density at radius 1 is 1.38 bits per heavy atom. The molecular weight excluding hydrogens is 377 g/mol. The van der Waals surface area contributed by atoms with Crippen molar-refractivity contribution in [3.05, 3.63) is 29.8 Å². The van der Waals surface area contributed by atoms with Crippen LogP contribution in [0.3, 0.4) is 0 Å². The van der Waals surface area contributed by atoms with Crippen molar-refractivity contribution in [1.82, 2.24) is 10.2 Å². The number of methoxy groups -OCH3 is 1. The highest BCUT2D eigenvalue weighted by Crippen LogP contribution is 2.31. The van der Waals surface area contributed by atoms with Gasteiger partial charge in [0.05, 0.1) is 7.11 Å². The molecule has 0 saturated heterocycles. The monoisotopic (exact) mass is 403 g/mol. The van der Waals surface area contributed by atoms with E-state index in [0.717, 1.165) is 30.7 Å². The van der Waals surface area contributed by atoms with Gasteiger partial charge in [0.15, 0.2) is 5.96 Å². The fourth-order valence-electron chi connectivity index (χ4n) is 2.34. The van der Waals surface area contributed by atoms with Crippen LogP contribution in [0.4, 0.5) is 0 Å². The standard InChI is InChI=1S/C16H25N3O.HI/c1-17-16(18-11-10-13-8-9-13)19(2)12-14-6-4-5-7-15(14)20-3;/h4-7,13H,8-12H2,1-3H3,(H,17,18);1H. The first-order chi connectivity index (χ1) is 9.74. The van der Waals surface area contributed by atoms with Gasteiger partial charge < -0.3 is 15.0 Å². The van der Waals surface area contributed by atoms with Crippen LogP contribution in [0, 0.1) is 5.92 Å². The summed E-state index contributed by atoms with van der Waals surface area (Å²) in [5, 5.41) is 3.43. The van der Waals surface area contributed by atoms with Gasteiger partial charge in [0.2, 0.25) is 0 Å². The lowest BCUT2D eigenvalue weighted by atomic mass is 10.2. The molecule has 118 valence electrons. The highest BCUT2D eigenvalue weighted by Gasteiger charge is 2.20. The van der Waals surface area contributed by atoms with Crippen molar-refractivity contribution < 1.29 is 4.74 Å². The Bertz CT molecular complexity index is 461. The number of para-hydroxylation sites is 1. The van der Waals surface area contributed by atoms with Gasteiger partial charge in [-0.3, -0.25) is 4.99 Å². The number of ether oxygens (including phenoxy) is 1. The molecule has 0 heterocycles. The predicted molar refractivity (Wildman–Crippen MR) is 98.6 cm³/mol. The number of benzene rings is 1. The second-order valence-electron chi connectivity index (χ2n) is 5.37. The first kappa shape index (κ1) is 18.1. The predicted octanol–water partition coefficient (Wildman–Crippen LogP) is 3.12. The number of hydrogen-bond acceptors (Lipinski definition) is 2. The third-order valence-electron chi connectivity index (χ3n) is 3.71. The summed E-state index contributed by atoms with van der Waals surface area (Å²) in [5.74, 6) is 2.81. The smallest absolute Gasteiger partial charge is 0.193 e. The maximum Gasteiger partial charge on any atom is 0.193 e. The van der Waals surface area contributed by atoms with E-state index in [2.05, 4.69) is 28.3 Å². The summed E-state index contributed by atoms with van der Waals surface area (Å²) in [5.41, 5.74) is 1.17. The molecule has 0 atom stereocenters. The van der Waals surface area contributed by atoms with Crippen LogP contribution in [0.25, 0.3) is 0 Å². The summed E-state index contributed by atoms with van der Waals surface area (Å²) in [6.07, 6.45) is 4.05. The molecule has 4 nitrogen and oxygen atoms in total. The third kappa shape index (κ3) is 5.73. The number of nitrogens with zero attached hydrogens (tertiary/aromatic N) is 2. The average Bonchev–Trinajstić information content (AvgIpc) is 3.28. The second kappa shape index (κ2) is 9.12. The number of aliphatic imine (C=N–C) groups is 1. The highest BCUT2D eigenvalue weighted by molar-refractivity contribution is 14.0. The third-order valence-corrected chi connectivity index (χ3v) is 3.71. The van der Waals surface area contributed by atoms with Gasteiger partial charge in [0.1, 0.15) is 5.75 Å². The van der Waals surface area contributed by atoms with Crippen LogP contribution < -0.4 is 10.1 Å². The van der Waals surface area contributed by atoms with Crippen LogP contribution in [0.15, 0.2) is 29.3 Å². The summed E-state index contributed by atoms with van der Waals surface area (Å²) < 4.78 is 5.39. The Balaban J connectivity index is 0.00000220. The Kier molecular flexibility index (Phi) is 7.85. The first-order valence-electron chi connectivity index (χ1n) is 7.28. The molecule has 0 aromatic heterocycles. The molecule has 0 aliphatic heterocycles. The lowest BCUT2D eigenvalue weighted by Gasteiger charge is -2.23. The van der Waals surface area contributed by atoms with Crippen molar-refractivity contribution in [2.24, 2.45) is 10.9 Å². The van der Waals surface area contributed by atoms with Crippen molar-refractivity contribution in [2.45, 2.75) is 25.8 Å². The largest absolute Gasteiger partial charge is 0.496 e. The van der Waals surface area contributed by atoms with Gasteiger partial charge >= 0.3 is 0 Å². The average molecular weight is 403 g/mol. The molecule has 0 spiro atoms. The molecule has 1 aliphatic carbocycles. The summed E-state index contributed by atoms with van der Waals surface area (Å²) in [6, 6.07) is 8.11. The second-order valence-corrected chi connectivity index (χ2v) is 5.37. The minimum Gasteiger partial charge on any atom is -0.496 e. The summed E-state index contributed by atoms with van der Waals surface area (Å²) >= 11 is 0. The van der Waals surface area contributed by atoms with Crippen molar-refractivity contribution >= 4 is 29.9 Å². The van der Waals surface area contributed by atoms with Gasteiger partial charge in [-0.05, 0) is 18.4 Å². The summed E-state index contributed by atoms with van der Waals surface area (Å²) in [4.78, 5) is 6.48. The minimum atomic E-state index is 0. The number of nitrogens with one attached hydrogen (secondary N) is 1. The van der Waals surface area contributed by atoms with Crippen LogP contribution in [0.5, 0.6) is 5.75 Å². The van der Waals surface area contributed by atoms with E-state index < -0.39 is 0 Å². The highest BCUT2D eigenvalue weighted by atomic mass is 127. The van der Waals surface area contributed by atoms with Gasteiger partial charge in [-0.2, -0.15) is 0 Å². The molecule has 1 saturated carbocycles. The van der Waals surface area contributed by atoms with Crippen LogP contribution in [0.1, 0.15) is 24.8 Å². The van der Waals surface area contributed by atoms with Crippen molar-refractivity contribution in [1.29, 1.82) is 0 Å². The van der Waals surface area contributed by atoms with Crippen molar-refractivity contribution in [3.8, 4) is 5.75 Å². The zero-order valence-corrected chi connectivity index (χ0v) is 15.5. The fourth-order valence-corrected chi connectivity index (χ4v) is 2.34. The fraction of sp³-hybridized carbons (Fsp3) is 0.562. The molecule has 1 fully saturated rings. The Morgan fingerprint density at radius 2 is 2.10 bits per heavy atom. The number of halogens is 1. The van der Waals surface area contributed by atoms with Gasteiger partial charge in [0.25, 0.3) is 0 Å². The SMILES string of the molecule is CN=C(NCCC1CC1)N(C)Cc1ccccc1OC.I. The van der Waals surface area contributed by atoms with Crippen LogP contribution >= 0.6 is 24.0 Å². The molecule has 0 bridgehead atoms. The number of rotatable bonds is 6. The van der Waals surface area contributed by atoms with Crippen LogP contribution in [-0.4, -0.2) is 38.6 Å². The molecule has 21 heavy (non-hydrogen) atoms. The van der Waals surface area contributed by atoms with E-state index in [-0.39, 0.29) is 24.0 Å². The Labute approximate surface area is 145 Å². The molecule has 5 heteroatoms. The van der Waals surface area contributed by atoms with E-state index >= 15 is 0 Å². The number of guanidine groups is 1. The molecular formula is C16H26IN3O. The van der Waals surface area contributed by atoms with E-state index in [1.807, 2.05) is 25.2 Å². The summed E-state index contributed by atoms with van der Waals surface area (Å²) in [6.45, 7) is 1.79. The zero-order chi connectivity index (χ0) is 14.4. The molecule has 1 aromatic carbocycles. The summed E-state index contributed by atoms with van der Waals surface area (Å²) in [7, 11) is 5.60. The maximum atomic E-state index is 5.39. The zero-order valence-electron chi connectivity index (χ0n) is 13.1. The minimum absolute atomic E-state index is 0. The lowest BCUT2D eigenvalue weighted by molar-refractivity contribution is 0.396. The Morgan fingerprint density at radius 3 is 2.71 bits per heavy atom. The molecule has 1 aliphatic rings. The maximum absolute atomic E-state index is 5.39. The topological polar surface area (TPSA) is 36.9 Å².